The second-order valence-corrected chi connectivity index (χ2v) is 6.24. The molecule has 1 fully saturated rings. The normalized spacial score (nSPS) is 23.9. The summed E-state index contributed by atoms with van der Waals surface area (Å²) in [5.41, 5.74) is 7.84. The number of aryl methyl sites for hydroxylation is 1. The lowest BCUT2D eigenvalue weighted by Crippen LogP contribution is -2.09. The van der Waals surface area contributed by atoms with Gasteiger partial charge < -0.3 is 0 Å². The van der Waals surface area contributed by atoms with Crippen LogP contribution in [0.5, 0.6) is 0 Å². The van der Waals surface area contributed by atoms with Crippen LogP contribution >= 0.6 is 0 Å². The molecule has 0 radical (unpaired) electrons. The highest BCUT2D eigenvalue weighted by Gasteiger charge is 2.27. The first-order valence-electron chi connectivity index (χ1n) is 7.50. The Morgan fingerprint density at radius 1 is 1.00 bits per heavy atom. The quantitative estimate of drug-likeness (QED) is 0.602. The zero-order valence-corrected chi connectivity index (χ0v) is 11.9. The van der Waals surface area contributed by atoms with E-state index < -0.39 is 0 Å². The lowest BCUT2D eigenvalue weighted by molar-refractivity contribution is 0.441. The summed E-state index contributed by atoms with van der Waals surface area (Å²) >= 11 is 0. The molecule has 0 spiro atoms. The van der Waals surface area contributed by atoms with Crippen molar-refractivity contribution in [3.05, 3.63) is 40.0 Å². The SMILES string of the molecule is CC1=Cc2c(C)ccc(C3CCCCC3)c2C1C. The third-order valence-electron chi connectivity index (χ3n) is 5.07. The van der Waals surface area contributed by atoms with E-state index in [1.807, 2.05) is 0 Å². The Kier molecular flexibility index (Phi) is 3.05. The van der Waals surface area contributed by atoms with Crippen molar-refractivity contribution in [2.24, 2.45) is 0 Å². The van der Waals surface area contributed by atoms with E-state index in [4.69, 9.17) is 0 Å². The molecule has 1 aromatic carbocycles. The highest BCUT2D eigenvalue weighted by molar-refractivity contribution is 5.70. The summed E-state index contributed by atoms with van der Waals surface area (Å²) in [7, 11) is 0. The van der Waals surface area contributed by atoms with Crippen molar-refractivity contribution in [1.29, 1.82) is 0 Å². The predicted molar refractivity (Wildman–Crippen MR) is 79.1 cm³/mol. The van der Waals surface area contributed by atoms with Gasteiger partial charge in [-0.2, -0.15) is 0 Å². The molecule has 2 aliphatic rings. The van der Waals surface area contributed by atoms with Crippen LogP contribution in [0.2, 0.25) is 0 Å². The Bertz CT molecular complexity index is 487. The molecular weight excluding hydrogens is 216 g/mol. The van der Waals surface area contributed by atoms with Crippen molar-refractivity contribution in [2.75, 3.05) is 0 Å². The standard InChI is InChI=1S/C18H24/c1-12-9-10-16(15-7-5-4-6-8-15)18-14(3)13(2)11-17(12)18/h9-11,14-15H,4-8H2,1-3H3. The summed E-state index contributed by atoms with van der Waals surface area (Å²) in [5, 5.41) is 0. The zero-order valence-electron chi connectivity index (χ0n) is 11.9. The zero-order chi connectivity index (χ0) is 12.7. The minimum absolute atomic E-state index is 0.636. The van der Waals surface area contributed by atoms with Crippen LogP contribution in [-0.2, 0) is 0 Å². The Morgan fingerprint density at radius 3 is 2.44 bits per heavy atom. The topological polar surface area (TPSA) is 0 Å². The molecule has 0 nitrogen and oxygen atoms in total. The van der Waals surface area contributed by atoms with Crippen LogP contribution in [0.4, 0.5) is 0 Å². The molecule has 96 valence electrons. The summed E-state index contributed by atoms with van der Waals surface area (Å²) < 4.78 is 0. The van der Waals surface area contributed by atoms with Gasteiger partial charge in [0.15, 0.2) is 0 Å². The fraction of sp³-hybridized carbons (Fsp3) is 0.556. The Labute approximate surface area is 111 Å². The van der Waals surface area contributed by atoms with E-state index in [9.17, 15) is 0 Å². The highest BCUT2D eigenvalue weighted by atomic mass is 14.3. The number of allylic oxidation sites excluding steroid dienone is 1. The molecule has 0 saturated heterocycles. The monoisotopic (exact) mass is 240 g/mol. The lowest BCUT2D eigenvalue weighted by atomic mass is 9.78. The summed E-state index contributed by atoms with van der Waals surface area (Å²) in [6.07, 6.45) is 9.52. The summed E-state index contributed by atoms with van der Waals surface area (Å²) in [6.45, 7) is 6.92. The van der Waals surface area contributed by atoms with Gasteiger partial charge in [0.25, 0.3) is 0 Å². The van der Waals surface area contributed by atoms with E-state index >= 15 is 0 Å². The molecule has 1 unspecified atom stereocenters. The Balaban J connectivity index is 2.06. The first-order valence-corrected chi connectivity index (χ1v) is 7.50. The van der Waals surface area contributed by atoms with E-state index in [0.29, 0.717) is 5.92 Å². The first kappa shape index (κ1) is 12.0. The number of hydrogen-bond donors (Lipinski definition) is 0. The van der Waals surface area contributed by atoms with Gasteiger partial charge in [0.1, 0.15) is 0 Å². The van der Waals surface area contributed by atoms with Gasteiger partial charge in [-0.15, -0.1) is 0 Å². The molecule has 3 rings (SSSR count). The highest BCUT2D eigenvalue weighted by Crippen LogP contribution is 2.44. The number of hydrogen-bond acceptors (Lipinski definition) is 0. The molecule has 1 saturated carbocycles. The van der Waals surface area contributed by atoms with Gasteiger partial charge in [-0.3, -0.25) is 0 Å². The second-order valence-electron chi connectivity index (χ2n) is 6.24. The first-order chi connectivity index (χ1) is 8.68. The molecule has 18 heavy (non-hydrogen) atoms. The maximum absolute atomic E-state index is 2.42. The maximum Gasteiger partial charge on any atom is 0.00292 e. The molecule has 0 aromatic heterocycles. The van der Waals surface area contributed by atoms with E-state index in [2.05, 4.69) is 39.0 Å². The molecule has 0 heteroatoms. The predicted octanol–water partition coefficient (Wildman–Crippen LogP) is 5.56. The van der Waals surface area contributed by atoms with Crippen molar-refractivity contribution in [1.82, 2.24) is 0 Å². The number of fused-ring (bicyclic) bond motifs is 1. The van der Waals surface area contributed by atoms with Crippen LogP contribution in [0.3, 0.4) is 0 Å². The molecule has 0 aliphatic heterocycles. The number of rotatable bonds is 1. The molecule has 0 heterocycles. The largest absolute Gasteiger partial charge is 0.0655 e. The van der Waals surface area contributed by atoms with Crippen molar-refractivity contribution in [3.63, 3.8) is 0 Å². The van der Waals surface area contributed by atoms with E-state index in [1.165, 1.54) is 48.8 Å². The minimum Gasteiger partial charge on any atom is -0.0655 e. The Hall–Kier alpha value is -1.04. The molecule has 0 N–H and O–H groups in total. The van der Waals surface area contributed by atoms with Gasteiger partial charge in [-0.1, -0.05) is 50.0 Å². The lowest BCUT2D eigenvalue weighted by Gasteiger charge is -2.26. The molecule has 1 aromatic rings. The summed E-state index contributed by atoms with van der Waals surface area (Å²) in [6, 6.07) is 4.76. The van der Waals surface area contributed by atoms with E-state index in [0.717, 1.165) is 5.92 Å². The van der Waals surface area contributed by atoms with Crippen LogP contribution < -0.4 is 0 Å². The van der Waals surface area contributed by atoms with Crippen molar-refractivity contribution >= 4 is 6.08 Å². The smallest absolute Gasteiger partial charge is 0.00292 e. The number of benzene rings is 1. The van der Waals surface area contributed by atoms with Crippen LogP contribution in [-0.4, -0.2) is 0 Å². The third kappa shape index (κ3) is 1.83. The van der Waals surface area contributed by atoms with Crippen LogP contribution in [0, 0.1) is 6.92 Å². The van der Waals surface area contributed by atoms with Gasteiger partial charge >= 0.3 is 0 Å². The maximum atomic E-state index is 2.42. The average molecular weight is 240 g/mol. The van der Waals surface area contributed by atoms with E-state index in [1.54, 1.807) is 11.1 Å². The molecule has 0 amide bonds. The average Bonchev–Trinajstić information content (AvgIpc) is 2.69. The van der Waals surface area contributed by atoms with Crippen LogP contribution in [0.1, 0.15) is 80.0 Å². The molecule has 1 atom stereocenters. The summed E-state index contributed by atoms with van der Waals surface area (Å²) in [5.74, 6) is 1.46. The third-order valence-corrected chi connectivity index (χ3v) is 5.07. The van der Waals surface area contributed by atoms with Gasteiger partial charge in [0.05, 0.1) is 0 Å². The summed E-state index contributed by atoms with van der Waals surface area (Å²) in [4.78, 5) is 0. The van der Waals surface area contributed by atoms with E-state index in [-0.39, 0.29) is 0 Å². The van der Waals surface area contributed by atoms with Gasteiger partial charge in [-0.05, 0) is 54.9 Å². The minimum atomic E-state index is 0.636. The fourth-order valence-corrected chi connectivity index (χ4v) is 3.79. The van der Waals surface area contributed by atoms with Gasteiger partial charge in [0.2, 0.25) is 0 Å². The molecular formula is C18H24. The van der Waals surface area contributed by atoms with Gasteiger partial charge in [0, 0.05) is 5.92 Å². The second kappa shape index (κ2) is 4.57. The molecule has 0 bridgehead atoms. The fourth-order valence-electron chi connectivity index (χ4n) is 3.79. The van der Waals surface area contributed by atoms with Crippen molar-refractivity contribution < 1.29 is 0 Å². The van der Waals surface area contributed by atoms with Crippen LogP contribution in [0.25, 0.3) is 6.08 Å². The van der Waals surface area contributed by atoms with Crippen molar-refractivity contribution in [2.45, 2.75) is 64.7 Å². The Morgan fingerprint density at radius 2 is 1.72 bits per heavy atom. The van der Waals surface area contributed by atoms with Crippen molar-refractivity contribution in [3.8, 4) is 0 Å². The van der Waals surface area contributed by atoms with Crippen LogP contribution in [0.15, 0.2) is 17.7 Å². The molecule has 2 aliphatic carbocycles. The van der Waals surface area contributed by atoms with Gasteiger partial charge in [-0.25, -0.2) is 0 Å².